The van der Waals surface area contributed by atoms with Crippen LogP contribution in [-0.2, 0) is 0 Å². The van der Waals surface area contributed by atoms with Crippen LogP contribution in [0.15, 0.2) is 69.4 Å². The summed E-state index contributed by atoms with van der Waals surface area (Å²) < 4.78 is 0. The molecule has 1 aromatic carbocycles. The summed E-state index contributed by atoms with van der Waals surface area (Å²) in [5, 5.41) is 10.6. The summed E-state index contributed by atoms with van der Waals surface area (Å²) in [6.07, 6.45) is 9.17. The number of anilines is 2. The maximum absolute atomic E-state index is 6.66. The number of nitrogens with one attached hydrogen (secondary N) is 3. The molecule has 190 valence electrons. The molecule has 0 spiro atoms. The first kappa shape index (κ1) is 28.2. The molecule has 1 aromatic rings. The number of hydrogen-bond acceptors (Lipinski definition) is 5. The number of allylic oxidation sites excluding steroid dienone is 4. The molecular weight excluding hydrogens is 456 g/mol. The number of rotatable bonds is 12. The van der Waals surface area contributed by atoms with Crippen LogP contribution in [0.25, 0.3) is 5.70 Å². The van der Waals surface area contributed by atoms with E-state index in [1.54, 1.807) is 12.6 Å². The maximum Gasteiger partial charge on any atom is 0.152 e. The molecular formula is C28H41ClN6. The molecule has 0 aromatic heterocycles. The SMILES string of the molecule is C=CC1=C(c2cc(NC(/N=C/NCC)=C(Cl)/C=N\C(CC)CC)ccc2N(C)C)NCCCC1=C. The minimum Gasteiger partial charge on any atom is -0.384 e. The van der Waals surface area contributed by atoms with Crippen LogP contribution >= 0.6 is 11.6 Å². The van der Waals surface area contributed by atoms with Crippen molar-refractivity contribution < 1.29 is 0 Å². The Morgan fingerprint density at radius 2 is 2.00 bits per heavy atom. The Balaban J connectivity index is 2.56. The van der Waals surface area contributed by atoms with E-state index in [4.69, 9.17) is 11.6 Å². The number of aliphatic imine (C=N–C) groups is 2. The number of halogens is 1. The molecule has 7 heteroatoms. The average molecular weight is 497 g/mol. The van der Waals surface area contributed by atoms with Crippen molar-refractivity contribution in [1.82, 2.24) is 10.6 Å². The monoisotopic (exact) mass is 496 g/mol. The number of nitrogens with zero attached hydrogens (tertiary/aromatic N) is 3. The quantitative estimate of drug-likeness (QED) is 0.234. The first-order valence-electron chi connectivity index (χ1n) is 12.4. The molecule has 0 saturated heterocycles. The summed E-state index contributed by atoms with van der Waals surface area (Å²) in [6, 6.07) is 6.49. The van der Waals surface area contributed by atoms with E-state index in [2.05, 4.69) is 70.0 Å². The zero-order valence-corrected chi connectivity index (χ0v) is 22.7. The third-order valence-electron chi connectivity index (χ3n) is 5.88. The van der Waals surface area contributed by atoms with E-state index in [1.807, 2.05) is 33.2 Å². The topological polar surface area (TPSA) is 64.0 Å². The van der Waals surface area contributed by atoms with Crippen molar-refractivity contribution >= 4 is 41.2 Å². The van der Waals surface area contributed by atoms with Gasteiger partial charge in [0.1, 0.15) is 5.03 Å². The molecule has 0 atom stereocenters. The smallest absolute Gasteiger partial charge is 0.152 e. The van der Waals surface area contributed by atoms with Crippen molar-refractivity contribution in [2.24, 2.45) is 9.98 Å². The van der Waals surface area contributed by atoms with Crippen molar-refractivity contribution in [3.63, 3.8) is 0 Å². The molecule has 1 heterocycles. The summed E-state index contributed by atoms with van der Waals surface area (Å²) >= 11 is 6.66. The summed E-state index contributed by atoms with van der Waals surface area (Å²) in [5.41, 5.74) is 6.22. The van der Waals surface area contributed by atoms with Gasteiger partial charge >= 0.3 is 0 Å². The highest BCUT2D eigenvalue weighted by molar-refractivity contribution is 6.39. The molecule has 3 N–H and O–H groups in total. The van der Waals surface area contributed by atoms with Crippen molar-refractivity contribution in [2.45, 2.75) is 52.5 Å². The Hall–Kier alpha value is -2.99. The molecule has 0 saturated carbocycles. The fourth-order valence-corrected chi connectivity index (χ4v) is 3.99. The molecule has 2 rings (SSSR count). The summed E-state index contributed by atoms with van der Waals surface area (Å²) in [6.45, 7) is 16.3. The highest BCUT2D eigenvalue weighted by Crippen LogP contribution is 2.34. The second kappa shape index (κ2) is 14.4. The van der Waals surface area contributed by atoms with Gasteiger partial charge in [-0.25, -0.2) is 4.99 Å². The van der Waals surface area contributed by atoms with Crippen molar-refractivity contribution in [2.75, 3.05) is 37.4 Å². The summed E-state index contributed by atoms with van der Waals surface area (Å²) in [4.78, 5) is 11.3. The highest BCUT2D eigenvalue weighted by atomic mass is 35.5. The van der Waals surface area contributed by atoms with Crippen LogP contribution in [0, 0.1) is 0 Å². The Morgan fingerprint density at radius 3 is 2.63 bits per heavy atom. The molecule has 35 heavy (non-hydrogen) atoms. The molecule has 0 unspecified atom stereocenters. The number of benzene rings is 1. The van der Waals surface area contributed by atoms with Crippen molar-refractivity contribution in [3.8, 4) is 0 Å². The Bertz CT molecular complexity index is 999. The van der Waals surface area contributed by atoms with E-state index < -0.39 is 0 Å². The van der Waals surface area contributed by atoms with Gasteiger partial charge in [-0.3, -0.25) is 4.99 Å². The fourth-order valence-electron chi connectivity index (χ4n) is 3.84. The van der Waals surface area contributed by atoms with Crippen molar-refractivity contribution in [3.05, 3.63) is 65.0 Å². The Kier molecular flexibility index (Phi) is 11.6. The molecule has 1 aliphatic rings. The fraction of sp³-hybridized carbons (Fsp3) is 0.429. The average Bonchev–Trinajstić information content (AvgIpc) is 3.04. The van der Waals surface area contributed by atoms with Gasteiger partial charge in [-0.05, 0) is 56.4 Å². The molecule has 0 radical (unpaired) electrons. The highest BCUT2D eigenvalue weighted by Gasteiger charge is 2.18. The van der Waals surface area contributed by atoms with Crippen LogP contribution in [0.2, 0.25) is 0 Å². The first-order valence-corrected chi connectivity index (χ1v) is 12.8. The molecule has 0 bridgehead atoms. The molecule has 0 aliphatic carbocycles. The van der Waals surface area contributed by atoms with Crippen molar-refractivity contribution in [1.29, 1.82) is 0 Å². The van der Waals surface area contributed by atoms with Crippen LogP contribution < -0.4 is 20.9 Å². The lowest BCUT2D eigenvalue weighted by molar-refractivity contribution is 0.634. The van der Waals surface area contributed by atoms with Crippen LogP contribution in [0.1, 0.15) is 52.0 Å². The van der Waals surface area contributed by atoms with E-state index in [0.29, 0.717) is 10.9 Å². The molecule has 6 nitrogen and oxygen atoms in total. The van der Waals surface area contributed by atoms with E-state index in [-0.39, 0.29) is 6.04 Å². The van der Waals surface area contributed by atoms with E-state index >= 15 is 0 Å². The third kappa shape index (κ3) is 8.03. The molecule has 1 aliphatic heterocycles. The van der Waals surface area contributed by atoms with Gasteiger partial charge in [0.05, 0.1) is 12.0 Å². The number of hydrogen-bond donors (Lipinski definition) is 3. The van der Waals surface area contributed by atoms with Gasteiger partial charge in [0.25, 0.3) is 0 Å². The zero-order valence-electron chi connectivity index (χ0n) is 21.9. The lowest BCUT2D eigenvalue weighted by atomic mass is 9.97. The van der Waals surface area contributed by atoms with Crippen LogP contribution in [-0.4, -0.2) is 45.8 Å². The Labute approximate surface area is 216 Å². The van der Waals surface area contributed by atoms with Crippen LogP contribution in [0.3, 0.4) is 0 Å². The largest absolute Gasteiger partial charge is 0.384 e. The standard InChI is InChI=1S/C28H41ClN6/c1-8-21(9-2)32-18-25(29)28(33-19-30-11-4)34-22-14-15-26(35(6)7)24(17-22)27-23(10-3)20(5)13-12-16-31-27/h10,14-15,17-19,21,31,34H,3,5,8-9,11-13,16H2,1-2,4,6-7H3,(H,30,33)/b28-25-,32-18-. The van der Waals surface area contributed by atoms with Crippen LogP contribution in [0.5, 0.6) is 0 Å². The van der Waals surface area contributed by atoms with Gasteiger partial charge in [-0.15, -0.1) is 0 Å². The first-order chi connectivity index (χ1) is 16.9. The normalized spacial score (nSPS) is 15.3. The molecule has 0 amide bonds. The van der Waals surface area contributed by atoms with Gasteiger partial charge in [-0.2, -0.15) is 0 Å². The minimum absolute atomic E-state index is 0.243. The Morgan fingerprint density at radius 1 is 1.26 bits per heavy atom. The summed E-state index contributed by atoms with van der Waals surface area (Å²) in [5.74, 6) is 0.530. The molecule has 0 fully saturated rings. The zero-order chi connectivity index (χ0) is 25.8. The second-order valence-corrected chi connectivity index (χ2v) is 9.05. The minimum atomic E-state index is 0.243. The third-order valence-corrected chi connectivity index (χ3v) is 6.15. The lowest BCUT2D eigenvalue weighted by Crippen LogP contribution is -2.18. The predicted octanol–water partition coefficient (Wildman–Crippen LogP) is 6.31. The van der Waals surface area contributed by atoms with Gasteiger partial charge in [0.15, 0.2) is 5.82 Å². The van der Waals surface area contributed by atoms with Gasteiger partial charge < -0.3 is 20.9 Å². The lowest BCUT2D eigenvalue weighted by Gasteiger charge is -2.23. The van der Waals surface area contributed by atoms with E-state index in [1.165, 1.54) is 0 Å². The van der Waals surface area contributed by atoms with E-state index in [0.717, 1.165) is 72.6 Å². The van der Waals surface area contributed by atoms with Gasteiger partial charge in [0, 0.05) is 62.0 Å². The maximum atomic E-state index is 6.66. The van der Waals surface area contributed by atoms with E-state index in [9.17, 15) is 0 Å². The van der Waals surface area contributed by atoms with Gasteiger partial charge in [-0.1, -0.05) is 44.7 Å². The second-order valence-electron chi connectivity index (χ2n) is 8.64. The van der Waals surface area contributed by atoms with Crippen LogP contribution in [0.4, 0.5) is 11.4 Å². The predicted molar refractivity (Wildman–Crippen MR) is 156 cm³/mol. The summed E-state index contributed by atoms with van der Waals surface area (Å²) in [7, 11) is 4.09. The van der Waals surface area contributed by atoms with Gasteiger partial charge in [0.2, 0.25) is 0 Å².